The van der Waals surface area contributed by atoms with Crippen molar-refractivity contribution in [1.29, 1.82) is 0 Å². The molecule has 11 heavy (non-hydrogen) atoms. The molecule has 1 aromatic heterocycles. The fraction of sp³-hybridized carbons (Fsp3) is 0.143. The van der Waals surface area contributed by atoms with Gasteiger partial charge in [-0.25, -0.2) is 9.78 Å². The average Bonchev–Trinajstić information content (AvgIpc) is 2.04. The Balaban J connectivity index is 3.12. The molecule has 0 aliphatic rings. The molecule has 1 aromatic rings. The second kappa shape index (κ2) is 3.01. The third-order valence-electron chi connectivity index (χ3n) is 1.19. The molecule has 0 bridgehead atoms. The predicted octanol–water partition coefficient (Wildman–Crippen LogP) is 0.788. The summed E-state index contributed by atoms with van der Waals surface area (Å²) in [5.41, 5.74) is -0.0602. The van der Waals surface area contributed by atoms with E-state index in [2.05, 4.69) is 4.98 Å². The molecule has 0 radical (unpaired) electrons. The number of ether oxygens (including phenoxy) is 1. The average molecular weight is 153 g/mol. The molecule has 4 nitrogen and oxygen atoms in total. The summed E-state index contributed by atoms with van der Waals surface area (Å²) in [6.45, 7) is 0. The minimum atomic E-state index is -1.08. The third-order valence-corrected chi connectivity index (χ3v) is 1.19. The Morgan fingerprint density at radius 3 is 2.91 bits per heavy atom. The van der Waals surface area contributed by atoms with Gasteiger partial charge in [-0.05, 0) is 12.1 Å². The Kier molecular flexibility index (Phi) is 2.06. The zero-order valence-corrected chi connectivity index (χ0v) is 5.94. The molecule has 0 amide bonds. The van der Waals surface area contributed by atoms with Crippen molar-refractivity contribution >= 4 is 5.97 Å². The molecule has 0 aromatic carbocycles. The van der Waals surface area contributed by atoms with Gasteiger partial charge in [-0.15, -0.1) is 0 Å². The third kappa shape index (κ3) is 1.46. The SMILES string of the molecule is COc1cccnc1C(=O)O. The summed E-state index contributed by atoms with van der Waals surface area (Å²) in [5, 5.41) is 8.55. The molecule has 0 fully saturated rings. The smallest absolute Gasteiger partial charge is 0.358 e. The minimum absolute atomic E-state index is 0.0602. The monoisotopic (exact) mass is 153 g/mol. The molecule has 58 valence electrons. The molecule has 1 heterocycles. The maximum Gasteiger partial charge on any atom is 0.358 e. The van der Waals surface area contributed by atoms with Crippen molar-refractivity contribution in [2.75, 3.05) is 7.11 Å². The lowest BCUT2D eigenvalue weighted by Gasteiger charge is -2.00. The summed E-state index contributed by atoms with van der Waals surface area (Å²) in [5.74, 6) is -0.803. The van der Waals surface area contributed by atoms with Crippen LogP contribution in [-0.4, -0.2) is 23.2 Å². The fourth-order valence-electron chi connectivity index (χ4n) is 0.716. The molecule has 0 spiro atoms. The number of aromatic nitrogens is 1. The number of nitrogens with zero attached hydrogens (tertiary/aromatic N) is 1. The molecule has 1 rings (SSSR count). The summed E-state index contributed by atoms with van der Waals surface area (Å²) in [7, 11) is 1.41. The maximum atomic E-state index is 10.4. The van der Waals surface area contributed by atoms with Crippen LogP contribution in [0, 0.1) is 0 Å². The number of hydrogen-bond donors (Lipinski definition) is 1. The number of rotatable bonds is 2. The summed E-state index contributed by atoms with van der Waals surface area (Å²) in [6.07, 6.45) is 1.41. The number of carboxylic acid groups (broad SMARTS) is 1. The minimum Gasteiger partial charge on any atom is -0.494 e. The number of hydrogen-bond acceptors (Lipinski definition) is 3. The Labute approximate surface area is 63.5 Å². The predicted molar refractivity (Wildman–Crippen MR) is 37.7 cm³/mol. The molecule has 0 saturated heterocycles. The molecule has 0 aliphatic heterocycles. The van der Waals surface area contributed by atoms with E-state index in [0.717, 1.165) is 0 Å². The Bertz CT molecular complexity index is 272. The van der Waals surface area contributed by atoms with Crippen LogP contribution in [-0.2, 0) is 0 Å². The van der Waals surface area contributed by atoms with Gasteiger partial charge in [-0.1, -0.05) is 0 Å². The van der Waals surface area contributed by atoms with Gasteiger partial charge in [0.05, 0.1) is 7.11 Å². The molecular weight excluding hydrogens is 146 g/mol. The van der Waals surface area contributed by atoms with Crippen LogP contribution in [0.4, 0.5) is 0 Å². The molecule has 1 N–H and O–H groups in total. The first-order chi connectivity index (χ1) is 5.25. The standard InChI is InChI=1S/C7H7NO3/c1-11-5-3-2-4-8-6(5)7(9)10/h2-4H,1H3,(H,9,10). The van der Waals surface area contributed by atoms with E-state index in [-0.39, 0.29) is 11.4 Å². The van der Waals surface area contributed by atoms with Gasteiger partial charge in [0.1, 0.15) is 0 Å². The first kappa shape index (κ1) is 7.53. The van der Waals surface area contributed by atoms with Crippen LogP contribution < -0.4 is 4.74 Å². The first-order valence-electron chi connectivity index (χ1n) is 2.98. The van der Waals surface area contributed by atoms with E-state index >= 15 is 0 Å². The lowest BCUT2D eigenvalue weighted by atomic mass is 10.3. The Hall–Kier alpha value is -1.58. The normalized spacial score (nSPS) is 9.18. The van der Waals surface area contributed by atoms with Crippen LogP contribution in [0.2, 0.25) is 0 Å². The first-order valence-corrected chi connectivity index (χ1v) is 2.98. The van der Waals surface area contributed by atoms with Crippen LogP contribution in [0.1, 0.15) is 10.5 Å². The summed E-state index contributed by atoms with van der Waals surface area (Å²) in [6, 6.07) is 3.17. The zero-order chi connectivity index (χ0) is 8.27. The van der Waals surface area contributed by atoms with E-state index in [1.165, 1.54) is 13.3 Å². The van der Waals surface area contributed by atoms with E-state index in [9.17, 15) is 4.79 Å². The van der Waals surface area contributed by atoms with Crippen molar-refractivity contribution in [3.05, 3.63) is 24.0 Å². The molecule has 0 saturated carbocycles. The highest BCUT2D eigenvalue weighted by molar-refractivity contribution is 5.88. The number of carbonyl (C=O) groups is 1. The van der Waals surface area contributed by atoms with E-state index in [4.69, 9.17) is 9.84 Å². The van der Waals surface area contributed by atoms with Gasteiger partial charge < -0.3 is 9.84 Å². The summed E-state index contributed by atoms with van der Waals surface area (Å²) in [4.78, 5) is 14.1. The van der Waals surface area contributed by atoms with Crippen molar-refractivity contribution in [2.24, 2.45) is 0 Å². The number of methoxy groups -OCH3 is 1. The second-order valence-electron chi connectivity index (χ2n) is 1.86. The maximum absolute atomic E-state index is 10.4. The van der Waals surface area contributed by atoms with E-state index in [1.54, 1.807) is 12.1 Å². The molecule has 0 atom stereocenters. The van der Waals surface area contributed by atoms with Crippen molar-refractivity contribution in [2.45, 2.75) is 0 Å². The van der Waals surface area contributed by atoms with E-state index < -0.39 is 5.97 Å². The van der Waals surface area contributed by atoms with Gasteiger partial charge in [0.15, 0.2) is 11.4 Å². The van der Waals surface area contributed by atoms with Crippen molar-refractivity contribution in [3.63, 3.8) is 0 Å². The Morgan fingerprint density at radius 1 is 1.73 bits per heavy atom. The zero-order valence-electron chi connectivity index (χ0n) is 5.94. The fourth-order valence-corrected chi connectivity index (χ4v) is 0.716. The van der Waals surface area contributed by atoms with Crippen molar-refractivity contribution < 1.29 is 14.6 Å². The molecule has 0 unspecified atom stereocenters. The van der Waals surface area contributed by atoms with E-state index in [1.807, 2.05) is 0 Å². The van der Waals surface area contributed by atoms with Gasteiger partial charge in [0.25, 0.3) is 0 Å². The van der Waals surface area contributed by atoms with Gasteiger partial charge in [-0.2, -0.15) is 0 Å². The highest BCUT2D eigenvalue weighted by Crippen LogP contribution is 2.13. The van der Waals surface area contributed by atoms with E-state index in [0.29, 0.717) is 0 Å². The highest BCUT2D eigenvalue weighted by Gasteiger charge is 2.09. The Morgan fingerprint density at radius 2 is 2.45 bits per heavy atom. The molecule has 4 heteroatoms. The van der Waals surface area contributed by atoms with Crippen LogP contribution in [0.25, 0.3) is 0 Å². The summed E-state index contributed by atoms with van der Waals surface area (Å²) >= 11 is 0. The van der Waals surface area contributed by atoms with Gasteiger partial charge in [-0.3, -0.25) is 0 Å². The van der Waals surface area contributed by atoms with Crippen LogP contribution >= 0.6 is 0 Å². The van der Waals surface area contributed by atoms with Crippen molar-refractivity contribution in [1.82, 2.24) is 4.98 Å². The largest absolute Gasteiger partial charge is 0.494 e. The molecule has 0 aliphatic carbocycles. The second-order valence-corrected chi connectivity index (χ2v) is 1.86. The lowest BCUT2D eigenvalue weighted by Crippen LogP contribution is -2.02. The highest BCUT2D eigenvalue weighted by atomic mass is 16.5. The quantitative estimate of drug-likeness (QED) is 0.682. The van der Waals surface area contributed by atoms with Crippen LogP contribution in [0.3, 0.4) is 0 Å². The lowest BCUT2D eigenvalue weighted by molar-refractivity contribution is 0.0686. The molecular formula is C7H7NO3. The number of pyridine rings is 1. The number of carboxylic acids is 1. The topological polar surface area (TPSA) is 59.4 Å². The van der Waals surface area contributed by atoms with Gasteiger partial charge >= 0.3 is 5.97 Å². The van der Waals surface area contributed by atoms with Crippen LogP contribution in [0.15, 0.2) is 18.3 Å². The summed E-state index contributed by atoms with van der Waals surface area (Å²) < 4.78 is 4.76. The van der Waals surface area contributed by atoms with Gasteiger partial charge in [0, 0.05) is 6.20 Å². The van der Waals surface area contributed by atoms with Gasteiger partial charge in [0.2, 0.25) is 0 Å². The van der Waals surface area contributed by atoms with Crippen LogP contribution in [0.5, 0.6) is 5.75 Å². The van der Waals surface area contributed by atoms with Crippen molar-refractivity contribution in [3.8, 4) is 5.75 Å². The number of aromatic carboxylic acids is 1.